The smallest absolute Gasteiger partial charge is 0.221 e. The van der Waals surface area contributed by atoms with Gasteiger partial charge in [0.2, 0.25) is 5.91 Å². The van der Waals surface area contributed by atoms with Crippen LogP contribution in [0.1, 0.15) is 27.2 Å². The van der Waals surface area contributed by atoms with Gasteiger partial charge in [0.05, 0.1) is 0 Å². The second-order valence-corrected chi connectivity index (χ2v) is 4.90. The zero-order valence-electron chi connectivity index (χ0n) is 9.99. The molecule has 2 unspecified atom stereocenters. The molecule has 88 valence electrons. The fourth-order valence-corrected chi connectivity index (χ4v) is 1.90. The van der Waals surface area contributed by atoms with Gasteiger partial charge in [-0.2, -0.15) is 0 Å². The number of nitrogens with two attached hydrogens (primary N) is 1. The first-order valence-corrected chi connectivity index (χ1v) is 5.76. The summed E-state index contributed by atoms with van der Waals surface area (Å²) in [6.45, 7) is 8.91. The van der Waals surface area contributed by atoms with Crippen molar-refractivity contribution in [3.05, 3.63) is 0 Å². The lowest BCUT2D eigenvalue weighted by molar-refractivity contribution is -0.121. The molecule has 0 radical (unpaired) electrons. The zero-order valence-corrected chi connectivity index (χ0v) is 9.99. The number of rotatable bonds is 3. The number of carbonyl (C=O) groups is 1. The molecule has 3 N–H and O–H groups in total. The number of amides is 1. The van der Waals surface area contributed by atoms with E-state index in [1.165, 1.54) is 0 Å². The lowest BCUT2D eigenvalue weighted by Crippen LogP contribution is -2.45. The molecule has 0 aliphatic carbocycles. The Bertz CT molecular complexity index is 216. The maximum Gasteiger partial charge on any atom is 0.221 e. The van der Waals surface area contributed by atoms with E-state index in [0.29, 0.717) is 12.3 Å². The lowest BCUT2D eigenvalue weighted by Gasteiger charge is -2.27. The van der Waals surface area contributed by atoms with Gasteiger partial charge in [0.15, 0.2) is 0 Å². The standard InChI is InChI=1S/C11H23N3O/c1-8(2)10-7-14(6-9(3)12)5-4-11(15)13-10/h8-10H,4-7,12H2,1-3H3,(H,13,15). The number of hydrogen-bond acceptors (Lipinski definition) is 3. The van der Waals surface area contributed by atoms with Crippen LogP contribution in [-0.2, 0) is 4.79 Å². The van der Waals surface area contributed by atoms with Crippen molar-refractivity contribution in [3.63, 3.8) is 0 Å². The molecule has 1 amide bonds. The first-order valence-electron chi connectivity index (χ1n) is 5.76. The van der Waals surface area contributed by atoms with Crippen molar-refractivity contribution in [3.8, 4) is 0 Å². The van der Waals surface area contributed by atoms with Crippen LogP contribution in [0.2, 0.25) is 0 Å². The summed E-state index contributed by atoms with van der Waals surface area (Å²) in [6, 6.07) is 0.435. The Labute approximate surface area is 92.2 Å². The fraction of sp³-hybridized carbons (Fsp3) is 0.909. The van der Waals surface area contributed by atoms with Crippen molar-refractivity contribution in [1.29, 1.82) is 0 Å². The molecule has 15 heavy (non-hydrogen) atoms. The first kappa shape index (κ1) is 12.5. The van der Waals surface area contributed by atoms with Crippen molar-refractivity contribution in [2.24, 2.45) is 11.7 Å². The third-order valence-corrected chi connectivity index (χ3v) is 2.81. The molecular weight excluding hydrogens is 190 g/mol. The Hall–Kier alpha value is -0.610. The van der Waals surface area contributed by atoms with Crippen molar-refractivity contribution >= 4 is 5.91 Å². The van der Waals surface area contributed by atoms with Crippen LogP contribution < -0.4 is 11.1 Å². The van der Waals surface area contributed by atoms with Crippen molar-refractivity contribution in [2.45, 2.75) is 39.3 Å². The fourth-order valence-electron chi connectivity index (χ4n) is 1.90. The second kappa shape index (κ2) is 5.47. The highest BCUT2D eigenvalue weighted by Gasteiger charge is 2.23. The third-order valence-electron chi connectivity index (χ3n) is 2.81. The van der Waals surface area contributed by atoms with Gasteiger partial charge in [0, 0.05) is 38.1 Å². The van der Waals surface area contributed by atoms with Gasteiger partial charge < -0.3 is 11.1 Å². The summed E-state index contributed by atoms with van der Waals surface area (Å²) in [5, 5.41) is 3.06. The molecule has 0 saturated carbocycles. The SMILES string of the molecule is CC(N)CN1CCC(=O)NC(C(C)C)C1. The Morgan fingerprint density at radius 2 is 2.20 bits per heavy atom. The van der Waals surface area contributed by atoms with E-state index < -0.39 is 0 Å². The van der Waals surface area contributed by atoms with E-state index in [2.05, 4.69) is 24.1 Å². The monoisotopic (exact) mass is 213 g/mol. The van der Waals surface area contributed by atoms with E-state index in [-0.39, 0.29) is 18.0 Å². The van der Waals surface area contributed by atoms with Gasteiger partial charge in [-0.25, -0.2) is 0 Å². The summed E-state index contributed by atoms with van der Waals surface area (Å²) >= 11 is 0. The van der Waals surface area contributed by atoms with Crippen LogP contribution in [0.25, 0.3) is 0 Å². The van der Waals surface area contributed by atoms with Crippen molar-refractivity contribution in [1.82, 2.24) is 10.2 Å². The maximum atomic E-state index is 11.5. The molecule has 0 aromatic rings. The molecule has 1 rings (SSSR count). The quantitative estimate of drug-likeness (QED) is 0.703. The molecule has 1 heterocycles. The molecule has 1 aliphatic rings. The molecular formula is C11H23N3O. The Morgan fingerprint density at radius 1 is 1.53 bits per heavy atom. The molecule has 1 fully saturated rings. The highest BCUT2D eigenvalue weighted by Crippen LogP contribution is 2.09. The highest BCUT2D eigenvalue weighted by atomic mass is 16.1. The minimum Gasteiger partial charge on any atom is -0.352 e. The molecule has 1 aliphatic heterocycles. The van der Waals surface area contributed by atoms with E-state index >= 15 is 0 Å². The molecule has 4 nitrogen and oxygen atoms in total. The average Bonchev–Trinajstić information content (AvgIpc) is 2.27. The molecule has 0 bridgehead atoms. The predicted molar refractivity (Wildman–Crippen MR) is 61.5 cm³/mol. The van der Waals surface area contributed by atoms with Crippen LogP contribution >= 0.6 is 0 Å². The van der Waals surface area contributed by atoms with E-state index in [1.807, 2.05) is 6.92 Å². The lowest BCUT2D eigenvalue weighted by atomic mass is 10.0. The topological polar surface area (TPSA) is 58.4 Å². The van der Waals surface area contributed by atoms with Gasteiger partial charge in [-0.15, -0.1) is 0 Å². The Morgan fingerprint density at radius 3 is 2.73 bits per heavy atom. The van der Waals surface area contributed by atoms with Gasteiger partial charge in [-0.1, -0.05) is 13.8 Å². The minimum absolute atomic E-state index is 0.167. The largest absolute Gasteiger partial charge is 0.352 e. The normalized spacial score (nSPS) is 26.2. The van der Waals surface area contributed by atoms with Crippen LogP contribution in [0, 0.1) is 5.92 Å². The van der Waals surface area contributed by atoms with Gasteiger partial charge >= 0.3 is 0 Å². The van der Waals surface area contributed by atoms with Crippen LogP contribution in [0.3, 0.4) is 0 Å². The number of nitrogens with zero attached hydrogens (tertiary/aromatic N) is 1. The summed E-state index contributed by atoms with van der Waals surface area (Å²) in [6.07, 6.45) is 0.593. The number of hydrogen-bond donors (Lipinski definition) is 2. The molecule has 2 atom stereocenters. The van der Waals surface area contributed by atoms with E-state index in [4.69, 9.17) is 5.73 Å². The predicted octanol–water partition coefficient (Wildman–Crippen LogP) is 0.180. The van der Waals surface area contributed by atoms with Gasteiger partial charge in [-0.05, 0) is 12.8 Å². The van der Waals surface area contributed by atoms with Crippen molar-refractivity contribution < 1.29 is 4.79 Å². The second-order valence-electron chi connectivity index (χ2n) is 4.90. The summed E-state index contributed by atoms with van der Waals surface area (Å²) < 4.78 is 0. The van der Waals surface area contributed by atoms with Gasteiger partial charge in [0.1, 0.15) is 0 Å². The Kier molecular flexibility index (Phi) is 4.54. The highest BCUT2D eigenvalue weighted by molar-refractivity contribution is 5.76. The molecule has 0 aromatic heterocycles. The van der Waals surface area contributed by atoms with Crippen LogP contribution in [0.4, 0.5) is 0 Å². The molecule has 1 saturated heterocycles. The van der Waals surface area contributed by atoms with Crippen molar-refractivity contribution in [2.75, 3.05) is 19.6 Å². The maximum absolute atomic E-state index is 11.5. The van der Waals surface area contributed by atoms with Crippen LogP contribution in [0.15, 0.2) is 0 Å². The van der Waals surface area contributed by atoms with Crippen LogP contribution in [0.5, 0.6) is 0 Å². The van der Waals surface area contributed by atoms with E-state index in [9.17, 15) is 4.79 Å². The van der Waals surface area contributed by atoms with Gasteiger partial charge in [-0.3, -0.25) is 9.69 Å². The summed E-state index contributed by atoms with van der Waals surface area (Å²) in [5.41, 5.74) is 5.78. The number of carbonyl (C=O) groups excluding carboxylic acids is 1. The van der Waals surface area contributed by atoms with Crippen LogP contribution in [-0.4, -0.2) is 42.5 Å². The average molecular weight is 213 g/mol. The molecule has 0 spiro atoms. The number of nitrogens with one attached hydrogen (secondary N) is 1. The van der Waals surface area contributed by atoms with E-state index in [0.717, 1.165) is 19.6 Å². The minimum atomic E-state index is 0.167. The summed E-state index contributed by atoms with van der Waals surface area (Å²) in [5.74, 6) is 0.642. The molecule has 0 aromatic carbocycles. The summed E-state index contributed by atoms with van der Waals surface area (Å²) in [4.78, 5) is 13.7. The zero-order chi connectivity index (χ0) is 11.4. The Balaban J connectivity index is 2.56. The first-order chi connectivity index (χ1) is 6.99. The summed E-state index contributed by atoms with van der Waals surface area (Å²) in [7, 11) is 0. The molecule has 4 heteroatoms. The van der Waals surface area contributed by atoms with Gasteiger partial charge in [0.25, 0.3) is 0 Å². The van der Waals surface area contributed by atoms with E-state index in [1.54, 1.807) is 0 Å². The third kappa shape index (κ3) is 4.18.